The van der Waals surface area contributed by atoms with Gasteiger partial charge in [0.05, 0.1) is 5.69 Å². The van der Waals surface area contributed by atoms with Crippen LogP contribution in [0.2, 0.25) is 5.02 Å². The van der Waals surface area contributed by atoms with Crippen LogP contribution in [0.5, 0.6) is 0 Å². The van der Waals surface area contributed by atoms with Crippen molar-refractivity contribution in [1.82, 2.24) is 0 Å². The lowest BCUT2D eigenvalue weighted by Crippen LogP contribution is -2.19. The van der Waals surface area contributed by atoms with E-state index in [1.54, 1.807) is 24.3 Å². The molecule has 2 aromatic carbocycles. The maximum atomic E-state index is 14.6. The SMILES string of the molecule is Cc1cc(N2CCCC2)c(F)cc1/C=C(/C#N)C(=O)Nc1cc(Cl)ccc1C. The Bertz CT molecular complexity index is 988. The standard InChI is InChI=1S/C22H21ClFN3O/c1-14-5-6-18(23)12-20(14)26-22(28)17(13-25)10-16-11-19(24)21(9-15(16)2)27-7-3-4-8-27/h5-6,9-12H,3-4,7-8H2,1-2H3,(H,26,28)/b17-10-. The van der Waals surface area contributed by atoms with Crippen LogP contribution in [0.3, 0.4) is 0 Å². The number of amides is 1. The molecule has 0 saturated carbocycles. The highest BCUT2D eigenvalue weighted by Gasteiger charge is 2.18. The third-order valence-corrected chi connectivity index (χ3v) is 5.13. The Morgan fingerprint density at radius 3 is 2.61 bits per heavy atom. The molecule has 28 heavy (non-hydrogen) atoms. The molecule has 0 unspecified atom stereocenters. The van der Waals surface area contributed by atoms with Crippen molar-refractivity contribution in [3.8, 4) is 6.07 Å². The van der Waals surface area contributed by atoms with E-state index in [1.807, 2.05) is 24.8 Å². The first kappa shape index (κ1) is 19.9. The van der Waals surface area contributed by atoms with Crippen LogP contribution in [0.1, 0.15) is 29.5 Å². The van der Waals surface area contributed by atoms with Gasteiger partial charge in [0.1, 0.15) is 17.5 Å². The average Bonchev–Trinajstić information content (AvgIpc) is 3.19. The van der Waals surface area contributed by atoms with Gasteiger partial charge >= 0.3 is 0 Å². The van der Waals surface area contributed by atoms with Crippen LogP contribution in [-0.2, 0) is 4.79 Å². The Balaban J connectivity index is 1.87. The van der Waals surface area contributed by atoms with E-state index in [9.17, 15) is 14.4 Å². The van der Waals surface area contributed by atoms with Crippen molar-refractivity contribution in [2.45, 2.75) is 26.7 Å². The first-order chi connectivity index (χ1) is 13.4. The minimum absolute atomic E-state index is 0.101. The van der Waals surface area contributed by atoms with Crippen LogP contribution < -0.4 is 10.2 Å². The first-order valence-corrected chi connectivity index (χ1v) is 9.51. The average molecular weight is 398 g/mol. The van der Waals surface area contributed by atoms with E-state index in [0.29, 0.717) is 22.0 Å². The van der Waals surface area contributed by atoms with E-state index >= 15 is 0 Å². The van der Waals surface area contributed by atoms with Crippen LogP contribution in [0.15, 0.2) is 35.9 Å². The van der Waals surface area contributed by atoms with Gasteiger partial charge in [-0.25, -0.2) is 4.39 Å². The molecule has 1 aliphatic heterocycles. The molecule has 1 aliphatic rings. The zero-order chi connectivity index (χ0) is 20.3. The molecule has 0 aliphatic carbocycles. The summed E-state index contributed by atoms with van der Waals surface area (Å²) in [5.41, 5.74) is 3.15. The molecule has 1 saturated heterocycles. The van der Waals surface area contributed by atoms with Crippen LogP contribution >= 0.6 is 11.6 Å². The summed E-state index contributed by atoms with van der Waals surface area (Å²) in [5.74, 6) is -0.904. The zero-order valence-electron chi connectivity index (χ0n) is 15.9. The van der Waals surface area contributed by atoms with E-state index in [4.69, 9.17) is 11.6 Å². The van der Waals surface area contributed by atoms with Crippen molar-refractivity contribution >= 4 is 35.0 Å². The van der Waals surface area contributed by atoms with Crippen molar-refractivity contribution in [3.63, 3.8) is 0 Å². The lowest BCUT2D eigenvalue weighted by atomic mass is 10.0. The fourth-order valence-electron chi connectivity index (χ4n) is 3.26. The molecule has 4 nitrogen and oxygen atoms in total. The summed E-state index contributed by atoms with van der Waals surface area (Å²) in [7, 11) is 0. The second kappa shape index (κ2) is 8.45. The van der Waals surface area contributed by atoms with E-state index in [-0.39, 0.29) is 11.4 Å². The summed E-state index contributed by atoms with van der Waals surface area (Å²) >= 11 is 5.97. The third-order valence-electron chi connectivity index (χ3n) is 4.89. The number of hydrogen-bond donors (Lipinski definition) is 1. The molecule has 3 rings (SSSR count). The second-order valence-electron chi connectivity index (χ2n) is 6.94. The predicted molar refractivity (Wildman–Crippen MR) is 111 cm³/mol. The number of aryl methyl sites for hydroxylation is 2. The lowest BCUT2D eigenvalue weighted by molar-refractivity contribution is -0.112. The quantitative estimate of drug-likeness (QED) is 0.566. The molecule has 144 valence electrons. The molecule has 1 fully saturated rings. The lowest BCUT2D eigenvalue weighted by Gasteiger charge is -2.19. The van der Waals surface area contributed by atoms with Crippen molar-refractivity contribution < 1.29 is 9.18 Å². The van der Waals surface area contributed by atoms with Gasteiger partial charge in [-0.1, -0.05) is 17.7 Å². The molecule has 1 heterocycles. The summed E-state index contributed by atoms with van der Waals surface area (Å²) < 4.78 is 14.6. The third kappa shape index (κ3) is 4.35. The van der Waals surface area contributed by atoms with Gasteiger partial charge in [0, 0.05) is 23.8 Å². The topological polar surface area (TPSA) is 56.1 Å². The summed E-state index contributed by atoms with van der Waals surface area (Å²) in [6.45, 7) is 5.37. The van der Waals surface area contributed by atoms with Gasteiger partial charge in [0.25, 0.3) is 5.91 Å². The molecule has 2 aromatic rings. The molecule has 1 amide bonds. The van der Waals surface area contributed by atoms with Gasteiger partial charge in [-0.3, -0.25) is 4.79 Å². The van der Waals surface area contributed by atoms with E-state index in [0.717, 1.165) is 37.1 Å². The number of hydrogen-bond acceptors (Lipinski definition) is 3. The van der Waals surface area contributed by atoms with Gasteiger partial charge in [-0.15, -0.1) is 0 Å². The van der Waals surface area contributed by atoms with E-state index < -0.39 is 5.91 Å². The number of anilines is 2. The monoisotopic (exact) mass is 397 g/mol. The highest BCUT2D eigenvalue weighted by molar-refractivity contribution is 6.31. The number of nitrogens with zero attached hydrogens (tertiary/aromatic N) is 2. The fraction of sp³-hybridized carbons (Fsp3) is 0.273. The normalized spacial score (nSPS) is 14.1. The Hall–Kier alpha value is -2.84. The number of nitrogens with one attached hydrogen (secondary N) is 1. The van der Waals surface area contributed by atoms with Gasteiger partial charge in [0.15, 0.2) is 0 Å². The minimum atomic E-state index is -0.559. The fourth-order valence-corrected chi connectivity index (χ4v) is 3.43. The number of rotatable bonds is 4. The largest absolute Gasteiger partial charge is 0.369 e. The zero-order valence-corrected chi connectivity index (χ0v) is 16.6. The van der Waals surface area contributed by atoms with Gasteiger partial charge in [-0.2, -0.15) is 5.26 Å². The molecule has 0 spiro atoms. The molecule has 0 radical (unpaired) electrons. The minimum Gasteiger partial charge on any atom is -0.369 e. The van der Waals surface area contributed by atoms with Crippen molar-refractivity contribution in [3.05, 3.63) is 63.4 Å². The van der Waals surface area contributed by atoms with Gasteiger partial charge in [-0.05, 0) is 73.7 Å². The van der Waals surface area contributed by atoms with Crippen LogP contribution in [0, 0.1) is 31.0 Å². The Kier molecular flexibility index (Phi) is 6.01. The van der Waals surface area contributed by atoms with Crippen LogP contribution in [0.4, 0.5) is 15.8 Å². The number of carbonyl (C=O) groups excluding carboxylic acids is 1. The maximum Gasteiger partial charge on any atom is 0.266 e. The highest BCUT2D eigenvalue weighted by Crippen LogP contribution is 2.28. The van der Waals surface area contributed by atoms with Crippen LogP contribution in [-0.4, -0.2) is 19.0 Å². The van der Waals surface area contributed by atoms with Gasteiger partial charge in [0.2, 0.25) is 0 Å². The molecular weight excluding hydrogens is 377 g/mol. The molecule has 0 atom stereocenters. The van der Waals surface area contributed by atoms with Crippen molar-refractivity contribution in [2.75, 3.05) is 23.3 Å². The van der Waals surface area contributed by atoms with Crippen molar-refractivity contribution in [1.29, 1.82) is 5.26 Å². The number of carbonyl (C=O) groups is 1. The molecular formula is C22H21ClFN3O. The van der Waals surface area contributed by atoms with Gasteiger partial charge < -0.3 is 10.2 Å². The van der Waals surface area contributed by atoms with Crippen LogP contribution in [0.25, 0.3) is 6.08 Å². The molecule has 1 N–H and O–H groups in total. The van der Waals surface area contributed by atoms with E-state index in [1.165, 1.54) is 12.1 Å². The first-order valence-electron chi connectivity index (χ1n) is 9.13. The summed E-state index contributed by atoms with van der Waals surface area (Å²) in [4.78, 5) is 14.6. The summed E-state index contributed by atoms with van der Waals surface area (Å²) in [6.07, 6.45) is 3.53. The summed E-state index contributed by atoms with van der Waals surface area (Å²) in [6, 6.07) is 10.2. The predicted octanol–water partition coefficient (Wildman–Crippen LogP) is 5.24. The second-order valence-corrected chi connectivity index (χ2v) is 7.37. The maximum absolute atomic E-state index is 14.6. The number of benzene rings is 2. The molecule has 6 heteroatoms. The number of nitriles is 1. The number of halogens is 2. The van der Waals surface area contributed by atoms with Crippen molar-refractivity contribution in [2.24, 2.45) is 0 Å². The molecule has 0 aromatic heterocycles. The summed E-state index contributed by atoms with van der Waals surface area (Å²) in [5, 5.41) is 12.6. The molecule has 0 bridgehead atoms. The Labute approximate surface area is 169 Å². The highest BCUT2D eigenvalue weighted by atomic mass is 35.5. The van der Waals surface area contributed by atoms with E-state index in [2.05, 4.69) is 5.32 Å². The Morgan fingerprint density at radius 1 is 1.21 bits per heavy atom. The Morgan fingerprint density at radius 2 is 1.93 bits per heavy atom. The smallest absolute Gasteiger partial charge is 0.266 e.